The molecule has 1 aromatic rings. The molecule has 6 heteroatoms. The maximum Gasteiger partial charge on any atom is 0.302 e. The van der Waals surface area contributed by atoms with Crippen LogP contribution in [0, 0.1) is 11.8 Å². The van der Waals surface area contributed by atoms with Crippen molar-refractivity contribution in [2.45, 2.75) is 51.7 Å². The van der Waals surface area contributed by atoms with Crippen LogP contribution in [0.2, 0.25) is 0 Å². The highest BCUT2D eigenvalue weighted by molar-refractivity contribution is 5.84. The molecule has 0 aromatic heterocycles. The van der Waals surface area contributed by atoms with Crippen LogP contribution in [0.25, 0.3) is 0 Å². The molecule has 2 heterocycles. The maximum atomic E-state index is 12.9. The van der Waals surface area contributed by atoms with E-state index in [-0.39, 0.29) is 18.4 Å². The number of hydrogen-bond acceptors (Lipinski definition) is 5. The fraction of sp³-hybridized carbons (Fsp3) is 0.579. The average molecular weight is 347 g/mol. The van der Waals surface area contributed by atoms with E-state index >= 15 is 0 Å². The lowest BCUT2D eigenvalue weighted by atomic mass is 9.80. The van der Waals surface area contributed by atoms with Crippen molar-refractivity contribution in [1.82, 2.24) is 4.90 Å². The summed E-state index contributed by atoms with van der Waals surface area (Å²) in [7, 11) is 0. The van der Waals surface area contributed by atoms with Gasteiger partial charge in [-0.05, 0) is 5.92 Å². The molecule has 0 spiro atoms. The molecule has 1 N–H and O–H groups in total. The highest BCUT2D eigenvalue weighted by Crippen LogP contribution is 2.50. The predicted octanol–water partition coefficient (Wildman–Crippen LogP) is 1.88. The number of fused-ring (bicyclic) bond motifs is 1. The van der Waals surface area contributed by atoms with Crippen LogP contribution in [0.1, 0.15) is 39.5 Å². The predicted molar refractivity (Wildman–Crippen MR) is 90.3 cm³/mol. The van der Waals surface area contributed by atoms with Gasteiger partial charge in [0.1, 0.15) is 11.6 Å². The summed E-state index contributed by atoms with van der Waals surface area (Å²) < 4.78 is 11.5. The van der Waals surface area contributed by atoms with Gasteiger partial charge in [0.2, 0.25) is 5.91 Å². The van der Waals surface area contributed by atoms with E-state index in [1.165, 1.54) is 6.92 Å². The van der Waals surface area contributed by atoms with E-state index in [0.717, 1.165) is 5.56 Å². The Bertz CT molecular complexity index is 661. The molecule has 5 atom stereocenters. The Labute approximate surface area is 147 Å². The smallest absolute Gasteiger partial charge is 0.302 e. The first kappa shape index (κ1) is 17.9. The van der Waals surface area contributed by atoms with Crippen molar-refractivity contribution in [3.8, 4) is 0 Å². The second-order valence-electron chi connectivity index (χ2n) is 7.28. The monoisotopic (exact) mass is 347 g/mol. The van der Waals surface area contributed by atoms with Gasteiger partial charge in [-0.25, -0.2) is 0 Å². The molecule has 2 fully saturated rings. The molecule has 0 radical (unpaired) electrons. The molecule has 0 saturated carbocycles. The first-order valence-electron chi connectivity index (χ1n) is 8.65. The Kier molecular flexibility index (Phi) is 4.60. The number of nitrogens with zero attached hydrogens (tertiary/aromatic N) is 1. The Balaban J connectivity index is 2.08. The van der Waals surface area contributed by atoms with Gasteiger partial charge >= 0.3 is 5.97 Å². The largest absolute Gasteiger partial charge is 0.460 e. The number of carbonyl (C=O) groups excluding carboxylic acids is 2. The number of carbonyl (C=O) groups is 2. The third kappa shape index (κ3) is 2.64. The zero-order valence-electron chi connectivity index (χ0n) is 15.0. The molecule has 6 nitrogen and oxygen atoms in total. The van der Waals surface area contributed by atoms with Crippen LogP contribution in [0.15, 0.2) is 30.3 Å². The van der Waals surface area contributed by atoms with Crippen LogP contribution in [-0.2, 0) is 19.1 Å². The minimum atomic E-state index is -1.07. The van der Waals surface area contributed by atoms with E-state index < -0.39 is 35.9 Å². The summed E-state index contributed by atoms with van der Waals surface area (Å²) in [5.74, 6) is -1.28. The fourth-order valence-corrected chi connectivity index (χ4v) is 4.16. The van der Waals surface area contributed by atoms with Gasteiger partial charge in [0.05, 0.1) is 18.6 Å². The molecule has 2 aliphatic heterocycles. The van der Waals surface area contributed by atoms with E-state index in [4.69, 9.17) is 9.47 Å². The summed E-state index contributed by atoms with van der Waals surface area (Å²) in [4.78, 5) is 26.2. The van der Waals surface area contributed by atoms with Crippen molar-refractivity contribution in [1.29, 1.82) is 0 Å². The first-order chi connectivity index (χ1) is 11.8. The summed E-state index contributed by atoms with van der Waals surface area (Å²) in [6.45, 7) is 7.00. The quantitative estimate of drug-likeness (QED) is 0.842. The van der Waals surface area contributed by atoms with Crippen LogP contribution < -0.4 is 0 Å². The zero-order chi connectivity index (χ0) is 18.4. The lowest BCUT2D eigenvalue weighted by molar-refractivity contribution is -0.165. The molecule has 0 bridgehead atoms. The summed E-state index contributed by atoms with van der Waals surface area (Å²) in [6, 6.07) is 9.43. The number of ether oxygens (including phenoxy) is 2. The Hall–Kier alpha value is -1.92. The standard InChI is InChI=1S/C19H25NO5/c1-11(2)16(25-13(4)21)19-10-24-18(14-8-6-5-7-9-14)20(19)17(23)12(3)15(19)22/h5-9,11-12,15-16,18,22H,10H2,1-4H3/t12?,15-,16-,18-,19-/m0/s1. The molecular formula is C19H25NO5. The lowest BCUT2D eigenvalue weighted by Gasteiger charge is -2.42. The Morgan fingerprint density at radius 3 is 2.56 bits per heavy atom. The van der Waals surface area contributed by atoms with Gasteiger partial charge in [0.15, 0.2) is 6.23 Å². The minimum Gasteiger partial charge on any atom is -0.460 e. The SMILES string of the molecule is CC(=O)O[C@@H](C(C)C)[C@@]12CO[C@@H](c3ccccc3)N1C(=O)C(C)[C@@H]2O. The normalized spacial score (nSPS) is 32.8. The Morgan fingerprint density at radius 1 is 1.36 bits per heavy atom. The van der Waals surface area contributed by atoms with Crippen molar-refractivity contribution >= 4 is 11.9 Å². The highest BCUT2D eigenvalue weighted by atomic mass is 16.6. The summed E-state index contributed by atoms with van der Waals surface area (Å²) in [5, 5.41) is 11.0. The zero-order valence-corrected chi connectivity index (χ0v) is 15.0. The molecule has 1 unspecified atom stereocenters. The summed E-state index contributed by atoms with van der Waals surface area (Å²) >= 11 is 0. The third-order valence-corrected chi connectivity index (χ3v) is 5.24. The number of rotatable bonds is 4. The molecule has 1 amide bonds. The molecule has 0 aliphatic carbocycles. The second-order valence-corrected chi connectivity index (χ2v) is 7.28. The van der Waals surface area contributed by atoms with Gasteiger partial charge in [-0.1, -0.05) is 51.1 Å². The van der Waals surface area contributed by atoms with Crippen molar-refractivity contribution in [3.63, 3.8) is 0 Å². The summed E-state index contributed by atoms with van der Waals surface area (Å²) in [5.41, 5.74) is -0.235. The minimum absolute atomic E-state index is 0.0859. The second kappa shape index (κ2) is 6.42. The molecule has 2 saturated heterocycles. The van der Waals surface area contributed by atoms with Gasteiger partial charge in [0, 0.05) is 12.5 Å². The molecular weight excluding hydrogens is 322 g/mol. The topological polar surface area (TPSA) is 76.1 Å². The van der Waals surface area contributed by atoms with Gasteiger partial charge in [-0.15, -0.1) is 0 Å². The molecule has 3 rings (SSSR count). The van der Waals surface area contributed by atoms with Crippen LogP contribution in [0.3, 0.4) is 0 Å². The van der Waals surface area contributed by atoms with E-state index in [1.807, 2.05) is 44.2 Å². The van der Waals surface area contributed by atoms with E-state index in [9.17, 15) is 14.7 Å². The van der Waals surface area contributed by atoms with Crippen molar-refractivity contribution < 1.29 is 24.2 Å². The van der Waals surface area contributed by atoms with Gasteiger partial charge in [-0.3, -0.25) is 14.5 Å². The van der Waals surface area contributed by atoms with Gasteiger partial charge in [-0.2, -0.15) is 0 Å². The van der Waals surface area contributed by atoms with Gasteiger partial charge < -0.3 is 14.6 Å². The number of amides is 1. The van der Waals surface area contributed by atoms with E-state index in [0.29, 0.717) is 0 Å². The third-order valence-electron chi connectivity index (χ3n) is 5.24. The first-order valence-corrected chi connectivity index (χ1v) is 8.65. The lowest BCUT2D eigenvalue weighted by Crippen LogP contribution is -2.61. The number of benzene rings is 1. The Morgan fingerprint density at radius 2 is 2.00 bits per heavy atom. The van der Waals surface area contributed by atoms with Crippen molar-refractivity contribution in [3.05, 3.63) is 35.9 Å². The molecule has 1 aromatic carbocycles. The number of hydrogen-bond donors (Lipinski definition) is 1. The highest BCUT2D eigenvalue weighted by Gasteiger charge is 2.67. The van der Waals surface area contributed by atoms with Crippen molar-refractivity contribution in [2.75, 3.05) is 6.61 Å². The molecule has 2 aliphatic rings. The van der Waals surface area contributed by atoms with Crippen LogP contribution >= 0.6 is 0 Å². The van der Waals surface area contributed by atoms with E-state index in [1.54, 1.807) is 11.8 Å². The van der Waals surface area contributed by atoms with Crippen LogP contribution in [0.4, 0.5) is 0 Å². The molecule has 25 heavy (non-hydrogen) atoms. The summed E-state index contributed by atoms with van der Waals surface area (Å²) in [6.07, 6.45) is -2.21. The molecule has 136 valence electrons. The number of esters is 1. The van der Waals surface area contributed by atoms with Crippen LogP contribution in [-0.4, -0.2) is 46.2 Å². The number of aliphatic hydroxyl groups excluding tert-OH is 1. The fourth-order valence-electron chi connectivity index (χ4n) is 4.16. The van der Waals surface area contributed by atoms with Gasteiger partial charge in [0.25, 0.3) is 0 Å². The maximum absolute atomic E-state index is 12.9. The van der Waals surface area contributed by atoms with Crippen molar-refractivity contribution in [2.24, 2.45) is 11.8 Å². The van der Waals surface area contributed by atoms with E-state index in [2.05, 4.69) is 0 Å². The van der Waals surface area contributed by atoms with Crippen LogP contribution in [0.5, 0.6) is 0 Å². The average Bonchev–Trinajstić information content (AvgIpc) is 3.06. The number of aliphatic hydroxyl groups is 1.